The van der Waals surface area contributed by atoms with Crippen LogP contribution in [0.2, 0.25) is 0 Å². The maximum absolute atomic E-state index is 14.7. The van der Waals surface area contributed by atoms with Gasteiger partial charge in [-0.1, -0.05) is 180 Å². The van der Waals surface area contributed by atoms with Gasteiger partial charge in [0.25, 0.3) is 11.8 Å². The highest BCUT2D eigenvalue weighted by Gasteiger charge is 2.39. The Morgan fingerprint density at radius 1 is 0.349 bits per heavy atom. The fourth-order valence-electron chi connectivity index (χ4n) is 15.8. The van der Waals surface area contributed by atoms with Crippen LogP contribution in [0.5, 0.6) is 0 Å². The molecule has 2 aromatic carbocycles. The minimum absolute atomic E-state index is 0.0748. The van der Waals surface area contributed by atoms with Crippen LogP contribution in [-0.2, 0) is 79.9 Å². The summed E-state index contributed by atoms with van der Waals surface area (Å²) in [6.45, 7) is 45.0. The van der Waals surface area contributed by atoms with Crippen molar-refractivity contribution in [2.75, 3.05) is 52.5 Å². The lowest BCUT2D eigenvalue weighted by molar-refractivity contribution is -0.904. The van der Waals surface area contributed by atoms with Gasteiger partial charge in [0.05, 0.1) is 29.3 Å². The minimum Gasteiger partial charge on any atom is -0.381 e. The molecule has 15 amide bonds. The van der Waals surface area contributed by atoms with Crippen molar-refractivity contribution in [3.05, 3.63) is 131 Å². The number of halogens is 3. The monoisotopic (exact) mass is 2060 g/mol. The summed E-state index contributed by atoms with van der Waals surface area (Å²) in [6.07, 6.45) is 11.3. The fraction of sp³-hybridized carbons (Fsp3) is 0.648. The van der Waals surface area contributed by atoms with Gasteiger partial charge in [0.1, 0.15) is 71.8 Å². The van der Waals surface area contributed by atoms with Crippen molar-refractivity contribution in [2.45, 2.75) is 340 Å². The SMILES string of the molecule is CCC[C@H](NC(=O)[C@@H](NC(=O)C1CCOCC1)[C@@H](C)CC)C(=O)N[C@H](CN[C@@H](C)C(=O)N[C@H](C(=O)NCC)C(C)C)CC(C)C.CCC[C@H](NC(=O)[C@@H](NC(=O)c1cc[n+](O)cc1)[C@@H](C)CC)C(=O)N[C@H](CN[C@@H](C)C(=O)N[C@H](C(=O)NCC)C(C)C)Cc1c(F)cccc1F.CCC[C@H](NC(=O)[C@@H](NC(=O)c1cc[n+](O)cc1)[C@@H](C)CC)C(=O)N[C@H](CN[C@@H](C)C(=O)N[C@H](C(=O)NCC)C(C)C)Cc1ccccc1F. The summed E-state index contributed by atoms with van der Waals surface area (Å²) in [5, 5.41) is 70.6. The van der Waals surface area contributed by atoms with Crippen LogP contribution in [0.4, 0.5) is 13.2 Å². The molecule has 20 N–H and O–H groups in total. The standard InChI is InChI=1S/C36H53F2N7O6.C36H54FN7O6.C33H62N6O6/c1-8-12-29(42-36(50)31(22(6)9-2)44-33(47)24-15-17-45(51)18-16-24)34(48)41-25(19-26-27(37)13-11-14-28(26)38)20-40-23(7)32(46)43-30(21(4)5)35(49)39-10-3;1-8-13-29(41-36(49)31(23(6)9-2)43-33(46)25-16-18-44(50)19-17-25)34(47)40-27(20-26-14-11-12-15-28(26)37)21-39-24(7)32(45)42-30(22(4)5)35(48)38-10-3;1-10-13-26(37-33(44)28(22(8)11-2)39-30(41)24-14-16-45-17-15-24)31(42)36-25(18-20(4)5)19-35-23(9)29(40)38-27(21(6)7)32(43)34-12-3/h11,13-18,21-23,25,29-31,40H,8-10,12,19-20H2,1-7H3,(H5-,39,41,42,43,44,46,47,48,49,50,51);11-12,14-19,22-24,27,29-31,39H,8-10,13,20-21H2,1-7H3,(H5-,38,40,41,42,43,45,46,47,48,49,50);20-28,35H,10-19H2,1-9H3,(H,34,43)(H,36,42)(H,37,44)(H,38,40)(H,39,41)/p+2/t22-,23-,25-,29-,30-,31-;23-,24-,27-,29-,30-,31-;22-,23-,25-,26-,27-,28-/m000/s1. The normalized spacial score (nSPS) is 15.7. The molecule has 3 heterocycles. The van der Waals surface area contributed by atoms with Gasteiger partial charge in [0, 0.05) is 116 Å². The molecule has 146 heavy (non-hydrogen) atoms. The van der Waals surface area contributed by atoms with Gasteiger partial charge in [-0.15, -0.1) is 0 Å². The first-order valence-electron chi connectivity index (χ1n) is 51.9. The second-order valence-electron chi connectivity index (χ2n) is 39.1. The minimum atomic E-state index is -1.06. The highest BCUT2D eigenvalue weighted by atomic mass is 19.1. The number of hydrogen-bond acceptors (Lipinski definition) is 21. The summed E-state index contributed by atoms with van der Waals surface area (Å²) in [4.78, 5) is 197. The number of carbonyl (C=O) groups excluding carboxylic acids is 15. The first kappa shape index (κ1) is 128. The quantitative estimate of drug-likeness (QED) is 0.0187. The summed E-state index contributed by atoms with van der Waals surface area (Å²) in [7, 11) is 0. The van der Waals surface area contributed by atoms with Gasteiger partial charge < -0.3 is 100 Å². The van der Waals surface area contributed by atoms with Crippen molar-refractivity contribution in [2.24, 2.45) is 47.3 Å². The molecule has 0 radical (unpaired) electrons. The van der Waals surface area contributed by atoms with Crippen molar-refractivity contribution >= 4 is 88.6 Å². The molecule has 1 saturated heterocycles. The van der Waals surface area contributed by atoms with E-state index in [1.165, 1.54) is 61.2 Å². The molecule has 818 valence electrons. The van der Waals surface area contributed by atoms with Crippen LogP contribution in [0.15, 0.2) is 91.5 Å². The number of hydrogen-bond donors (Lipinski definition) is 20. The maximum Gasteiger partial charge on any atom is 0.252 e. The van der Waals surface area contributed by atoms with Gasteiger partial charge in [-0.2, -0.15) is 0 Å². The van der Waals surface area contributed by atoms with Crippen molar-refractivity contribution < 1.29 is 110 Å². The van der Waals surface area contributed by atoms with E-state index in [4.69, 9.17) is 4.74 Å². The number of likely N-dealkylation sites (N-methyl/N-ethyl adjacent to an activating group) is 3. The van der Waals surface area contributed by atoms with Gasteiger partial charge in [0.15, 0.2) is 0 Å². The van der Waals surface area contributed by atoms with Crippen LogP contribution in [0.25, 0.3) is 0 Å². The Kier molecular flexibility index (Phi) is 59.5. The average Bonchev–Trinajstić information content (AvgIpc) is 0.838. The van der Waals surface area contributed by atoms with Crippen molar-refractivity contribution in [1.82, 2.24) is 95.7 Å². The number of pyridine rings is 2. The van der Waals surface area contributed by atoms with Crippen LogP contribution in [-0.4, -0.2) is 242 Å². The number of amides is 15. The lowest BCUT2D eigenvalue weighted by Crippen LogP contribution is -2.58. The lowest BCUT2D eigenvalue weighted by Gasteiger charge is -2.30. The van der Waals surface area contributed by atoms with Gasteiger partial charge in [-0.05, 0) is 158 Å². The van der Waals surface area contributed by atoms with E-state index >= 15 is 0 Å². The smallest absolute Gasteiger partial charge is 0.252 e. The first-order chi connectivity index (χ1) is 69.1. The molecule has 2 aromatic heterocycles. The van der Waals surface area contributed by atoms with Crippen LogP contribution >= 0.6 is 0 Å². The third kappa shape index (κ3) is 45.2. The van der Waals surface area contributed by atoms with Gasteiger partial charge in [-0.3, -0.25) is 82.3 Å². The molecule has 4 aromatic rings. The van der Waals surface area contributed by atoms with Gasteiger partial charge >= 0.3 is 0 Å². The molecule has 0 saturated carbocycles. The van der Waals surface area contributed by atoms with E-state index in [1.807, 2.05) is 90.0 Å². The van der Waals surface area contributed by atoms with Gasteiger partial charge in [0.2, 0.25) is 102 Å². The third-order valence-electron chi connectivity index (χ3n) is 25.4. The van der Waals surface area contributed by atoms with E-state index in [2.05, 4.69) is 110 Å². The maximum atomic E-state index is 14.7. The largest absolute Gasteiger partial charge is 0.381 e. The number of nitrogens with one attached hydrogen (secondary N) is 18. The molecule has 1 fully saturated rings. The van der Waals surface area contributed by atoms with Crippen LogP contribution in [0.1, 0.15) is 268 Å². The molecule has 5 rings (SSSR count). The number of benzene rings is 2. The molecule has 41 heteroatoms. The second-order valence-corrected chi connectivity index (χ2v) is 39.1. The zero-order valence-electron chi connectivity index (χ0n) is 90.0. The number of rotatable bonds is 60. The zero-order chi connectivity index (χ0) is 110. The highest BCUT2D eigenvalue weighted by Crippen LogP contribution is 2.22. The van der Waals surface area contributed by atoms with Crippen molar-refractivity contribution in [1.29, 1.82) is 0 Å². The fourth-order valence-corrected chi connectivity index (χ4v) is 15.8. The predicted molar refractivity (Wildman–Crippen MR) is 549 cm³/mol. The van der Waals surface area contributed by atoms with E-state index < -0.39 is 149 Å². The molecule has 1 aliphatic rings. The highest BCUT2D eigenvalue weighted by molar-refractivity contribution is 6.00. The lowest BCUT2D eigenvalue weighted by atomic mass is 9.94. The Balaban J connectivity index is 0.000000564. The summed E-state index contributed by atoms with van der Waals surface area (Å²) < 4.78 is 51.2. The molecule has 0 unspecified atom stereocenters. The second kappa shape index (κ2) is 67.7. The molecule has 0 spiro atoms. The van der Waals surface area contributed by atoms with E-state index in [-0.39, 0.29) is 144 Å². The molecule has 0 bridgehead atoms. The number of ether oxygens (including phenoxy) is 1. The zero-order valence-corrected chi connectivity index (χ0v) is 90.0. The van der Waals surface area contributed by atoms with Crippen molar-refractivity contribution in [3.8, 4) is 0 Å². The van der Waals surface area contributed by atoms with Crippen LogP contribution in [0, 0.1) is 64.8 Å². The molecule has 0 aliphatic carbocycles. The Bertz CT molecular complexity index is 4730. The molecular formula is C105H171F3N20O18+2. The Morgan fingerprint density at radius 3 is 0.979 bits per heavy atom. The molecular weight excluding hydrogens is 1890 g/mol. The van der Waals surface area contributed by atoms with Crippen molar-refractivity contribution in [3.63, 3.8) is 0 Å². The number of carbonyl (C=O) groups is 15. The predicted octanol–water partition coefficient (Wildman–Crippen LogP) is 5.68. The van der Waals surface area contributed by atoms with Crippen LogP contribution in [0.3, 0.4) is 0 Å². The Morgan fingerprint density at radius 2 is 0.664 bits per heavy atom. The summed E-state index contributed by atoms with van der Waals surface area (Å²) in [6, 6.07) is 3.42. The van der Waals surface area contributed by atoms with Crippen LogP contribution < -0.4 is 105 Å². The van der Waals surface area contributed by atoms with E-state index in [9.17, 15) is 95.5 Å². The summed E-state index contributed by atoms with van der Waals surface area (Å²) in [5.74, 6) is -9.28. The summed E-state index contributed by atoms with van der Waals surface area (Å²) >= 11 is 0. The Hall–Kier alpha value is -12.0. The van der Waals surface area contributed by atoms with E-state index in [0.29, 0.717) is 116 Å². The summed E-state index contributed by atoms with van der Waals surface area (Å²) in [5.41, 5.74) is 0.554. The van der Waals surface area contributed by atoms with Gasteiger partial charge in [-0.25, -0.2) is 13.2 Å². The Labute approximate surface area is 860 Å². The average molecular weight is 2060 g/mol. The third-order valence-corrected chi connectivity index (χ3v) is 25.4. The van der Waals surface area contributed by atoms with E-state index in [0.717, 1.165) is 21.6 Å². The number of nitrogens with zero attached hydrogens (tertiary/aromatic N) is 2. The van der Waals surface area contributed by atoms with E-state index in [1.54, 1.807) is 73.6 Å². The number of aromatic nitrogens is 2. The molecule has 38 nitrogen and oxygen atoms in total. The first-order valence-corrected chi connectivity index (χ1v) is 51.9. The molecule has 1 aliphatic heterocycles. The molecule has 18 atom stereocenters. The topological polar surface area (TPSA) is 530 Å².